The highest BCUT2D eigenvalue weighted by Crippen LogP contribution is 2.21. The molecule has 1 aromatic carbocycles. The maximum absolute atomic E-state index is 13.3. The summed E-state index contributed by atoms with van der Waals surface area (Å²) in [6.45, 7) is 5.06. The molecule has 1 aliphatic heterocycles. The van der Waals surface area contributed by atoms with E-state index in [2.05, 4.69) is 9.82 Å². The maximum atomic E-state index is 13.3. The fourth-order valence-electron chi connectivity index (χ4n) is 3.55. The average Bonchev–Trinajstić information content (AvgIpc) is 2.66. The molecule has 152 valence electrons. The number of nitrogens with one attached hydrogen (secondary N) is 1. The summed E-state index contributed by atoms with van der Waals surface area (Å²) in [5.74, 6) is -0.177. The van der Waals surface area contributed by atoms with Gasteiger partial charge in [-0.1, -0.05) is 18.2 Å². The van der Waals surface area contributed by atoms with Crippen LogP contribution in [0.15, 0.2) is 29.1 Å². The Kier molecular flexibility index (Phi) is 5.85. The number of piperidine rings is 1. The minimum absolute atomic E-state index is 0.0506. The zero-order valence-electron chi connectivity index (χ0n) is 16.4. The summed E-state index contributed by atoms with van der Waals surface area (Å²) in [7, 11) is -3.27. The molecule has 0 spiro atoms. The van der Waals surface area contributed by atoms with Crippen molar-refractivity contribution in [2.45, 2.75) is 32.7 Å². The Bertz CT molecular complexity index is 1050. The largest absolute Gasteiger partial charge is 0.337 e. The van der Waals surface area contributed by atoms with Gasteiger partial charge in [0.15, 0.2) is 5.69 Å². The van der Waals surface area contributed by atoms with E-state index in [1.165, 1.54) is 4.68 Å². The quantitative estimate of drug-likeness (QED) is 0.808. The number of hydrogen-bond donors (Lipinski definition) is 1. The lowest BCUT2D eigenvalue weighted by atomic mass is 9.97. The fraction of sp³-hybridized carbons (Fsp3) is 0.526. The summed E-state index contributed by atoms with van der Waals surface area (Å²) in [5.41, 5.74) is 0.0524. The molecule has 1 saturated heterocycles. The molecule has 0 saturated carbocycles. The molecule has 0 bridgehead atoms. The average molecular weight is 407 g/mol. The second-order valence-electron chi connectivity index (χ2n) is 7.62. The first-order chi connectivity index (χ1) is 13.2. The Morgan fingerprint density at radius 3 is 2.61 bits per heavy atom. The van der Waals surface area contributed by atoms with Crippen molar-refractivity contribution in [3.8, 4) is 0 Å². The standard InChI is InChI=1S/C19H26N4O4S/c1-13(2)23-18(24)16-9-5-4-8-15(16)17(21-23)19(25)22-10-6-7-14(12-22)11-20-28(3,26)27/h4-5,8-9,13-14,20H,6-7,10-12H2,1-3H3. The zero-order chi connectivity index (χ0) is 20.5. The van der Waals surface area contributed by atoms with Crippen LogP contribution in [-0.2, 0) is 10.0 Å². The predicted molar refractivity (Wildman–Crippen MR) is 108 cm³/mol. The topological polar surface area (TPSA) is 101 Å². The van der Waals surface area contributed by atoms with E-state index in [1.54, 1.807) is 29.2 Å². The molecule has 9 heteroatoms. The van der Waals surface area contributed by atoms with Gasteiger partial charge in [0.1, 0.15) is 0 Å². The van der Waals surface area contributed by atoms with Crippen molar-refractivity contribution in [1.82, 2.24) is 19.4 Å². The summed E-state index contributed by atoms with van der Waals surface area (Å²) in [4.78, 5) is 27.6. The summed E-state index contributed by atoms with van der Waals surface area (Å²) in [6, 6.07) is 6.85. The third-order valence-electron chi connectivity index (χ3n) is 4.96. The molecule has 0 radical (unpaired) electrons. The Balaban J connectivity index is 1.92. The molecular formula is C19H26N4O4S. The molecule has 8 nitrogen and oxygen atoms in total. The van der Waals surface area contributed by atoms with Crippen LogP contribution in [-0.4, -0.2) is 54.9 Å². The minimum atomic E-state index is -3.27. The van der Waals surface area contributed by atoms with E-state index in [0.29, 0.717) is 30.4 Å². The molecule has 3 rings (SSSR count). The third-order valence-corrected chi connectivity index (χ3v) is 5.65. The molecule has 1 aromatic heterocycles. The number of sulfonamides is 1. The predicted octanol–water partition coefficient (Wildman–Crippen LogP) is 1.38. The van der Waals surface area contributed by atoms with Crippen molar-refractivity contribution in [1.29, 1.82) is 0 Å². The van der Waals surface area contributed by atoms with Crippen molar-refractivity contribution in [3.63, 3.8) is 0 Å². The smallest absolute Gasteiger partial charge is 0.274 e. The Morgan fingerprint density at radius 1 is 1.29 bits per heavy atom. The van der Waals surface area contributed by atoms with E-state index in [0.717, 1.165) is 19.1 Å². The number of benzene rings is 1. The fourth-order valence-corrected chi connectivity index (χ4v) is 4.09. The number of rotatable bonds is 5. The maximum Gasteiger partial charge on any atom is 0.274 e. The SMILES string of the molecule is CC(C)n1nc(C(=O)N2CCCC(CNS(C)(=O)=O)C2)c2ccccc2c1=O. The van der Waals surface area contributed by atoms with Crippen molar-refractivity contribution in [2.75, 3.05) is 25.9 Å². The number of carbonyl (C=O) groups is 1. The van der Waals surface area contributed by atoms with Crippen molar-refractivity contribution >= 4 is 26.7 Å². The van der Waals surface area contributed by atoms with Gasteiger partial charge in [0.2, 0.25) is 10.0 Å². The molecule has 1 aliphatic rings. The van der Waals surface area contributed by atoms with E-state index in [9.17, 15) is 18.0 Å². The lowest BCUT2D eigenvalue weighted by Crippen LogP contribution is -2.44. The summed E-state index contributed by atoms with van der Waals surface area (Å²) < 4.78 is 26.6. The first kappa shape index (κ1) is 20.5. The Morgan fingerprint density at radius 2 is 1.96 bits per heavy atom. The van der Waals surface area contributed by atoms with E-state index < -0.39 is 10.0 Å². The number of amides is 1. The van der Waals surface area contributed by atoms with Gasteiger partial charge in [-0.25, -0.2) is 17.8 Å². The second kappa shape index (κ2) is 8.00. The van der Waals surface area contributed by atoms with Crippen LogP contribution in [0.5, 0.6) is 0 Å². The first-order valence-electron chi connectivity index (χ1n) is 9.43. The number of carbonyl (C=O) groups excluding carboxylic acids is 1. The minimum Gasteiger partial charge on any atom is -0.337 e. The van der Waals surface area contributed by atoms with Gasteiger partial charge in [-0.3, -0.25) is 9.59 Å². The van der Waals surface area contributed by atoms with Crippen LogP contribution in [0.25, 0.3) is 10.8 Å². The highest BCUT2D eigenvalue weighted by molar-refractivity contribution is 7.88. The van der Waals surface area contributed by atoms with Crippen LogP contribution in [0.2, 0.25) is 0 Å². The number of fused-ring (bicyclic) bond motifs is 1. The highest BCUT2D eigenvalue weighted by atomic mass is 32.2. The normalized spacial score (nSPS) is 18.0. The van der Waals surface area contributed by atoms with E-state index in [4.69, 9.17) is 0 Å². The van der Waals surface area contributed by atoms with Gasteiger partial charge >= 0.3 is 0 Å². The summed E-state index contributed by atoms with van der Waals surface area (Å²) in [5, 5.41) is 5.41. The number of hydrogen-bond acceptors (Lipinski definition) is 5. The van der Waals surface area contributed by atoms with Crippen molar-refractivity contribution < 1.29 is 13.2 Å². The third kappa shape index (κ3) is 4.41. The molecular weight excluding hydrogens is 380 g/mol. The van der Waals surface area contributed by atoms with Gasteiger partial charge in [0.05, 0.1) is 17.7 Å². The monoisotopic (exact) mass is 406 g/mol. The number of nitrogens with zero attached hydrogens (tertiary/aromatic N) is 3. The lowest BCUT2D eigenvalue weighted by Gasteiger charge is -2.32. The molecule has 2 aromatic rings. The molecule has 1 fully saturated rings. The Labute approximate surface area is 164 Å². The van der Waals surface area contributed by atoms with Gasteiger partial charge in [0.25, 0.3) is 11.5 Å². The molecule has 2 heterocycles. The molecule has 1 unspecified atom stereocenters. The van der Waals surface area contributed by atoms with Gasteiger partial charge in [-0.2, -0.15) is 5.10 Å². The summed E-state index contributed by atoms with van der Waals surface area (Å²) in [6.07, 6.45) is 2.78. The van der Waals surface area contributed by atoms with Crippen molar-refractivity contribution in [2.24, 2.45) is 5.92 Å². The van der Waals surface area contributed by atoms with Crippen LogP contribution in [0, 0.1) is 5.92 Å². The first-order valence-corrected chi connectivity index (χ1v) is 11.3. The van der Waals surface area contributed by atoms with Crippen LogP contribution in [0.3, 0.4) is 0 Å². The Hall–Kier alpha value is -2.26. The molecule has 1 N–H and O–H groups in total. The van der Waals surface area contributed by atoms with E-state index >= 15 is 0 Å². The van der Waals surface area contributed by atoms with Gasteiger partial charge in [0, 0.05) is 25.0 Å². The van der Waals surface area contributed by atoms with E-state index in [1.807, 2.05) is 13.8 Å². The molecule has 1 amide bonds. The summed E-state index contributed by atoms with van der Waals surface area (Å²) >= 11 is 0. The molecule has 28 heavy (non-hydrogen) atoms. The van der Waals surface area contributed by atoms with Crippen molar-refractivity contribution in [3.05, 3.63) is 40.3 Å². The highest BCUT2D eigenvalue weighted by Gasteiger charge is 2.28. The molecule has 1 atom stereocenters. The van der Waals surface area contributed by atoms with Gasteiger partial charge in [-0.05, 0) is 38.7 Å². The van der Waals surface area contributed by atoms with Crippen LogP contribution in [0.4, 0.5) is 0 Å². The van der Waals surface area contributed by atoms with Gasteiger partial charge in [-0.15, -0.1) is 0 Å². The number of aromatic nitrogens is 2. The van der Waals surface area contributed by atoms with Crippen LogP contribution >= 0.6 is 0 Å². The molecule has 0 aliphatic carbocycles. The second-order valence-corrected chi connectivity index (χ2v) is 9.45. The van der Waals surface area contributed by atoms with E-state index in [-0.39, 0.29) is 29.1 Å². The van der Waals surface area contributed by atoms with Crippen LogP contribution in [0.1, 0.15) is 43.2 Å². The van der Waals surface area contributed by atoms with Gasteiger partial charge < -0.3 is 4.90 Å². The van der Waals surface area contributed by atoms with Crippen LogP contribution < -0.4 is 10.3 Å². The number of likely N-dealkylation sites (tertiary alicyclic amines) is 1. The lowest BCUT2D eigenvalue weighted by molar-refractivity contribution is 0.0669. The zero-order valence-corrected chi connectivity index (χ0v) is 17.2.